The second kappa shape index (κ2) is 6.23. The van der Waals surface area contributed by atoms with Crippen molar-refractivity contribution in [3.05, 3.63) is 12.2 Å². The summed E-state index contributed by atoms with van der Waals surface area (Å²) in [5.74, 6) is 0.787. The molecule has 0 aliphatic carbocycles. The maximum atomic E-state index is 2.40. The number of hydrogen-bond donors (Lipinski definition) is 0. The van der Waals surface area contributed by atoms with E-state index in [1.807, 2.05) is 0 Å². The van der Waals surface area contributed by atoms with Gasteiger partial charge in [0.05, 0.1) is 0 Å². The molecule has 0 N–H and O–H groups in total. The molecule has 0 heteroatoms. The predicted octanol–water partition coefficient (Wildman–Crippen LogP) is 4.81. The molecule has 0 aromatic heterocycles. The molecule has 0 nitrogen and oxygen atoms in total. The van der Waals surface area contributed by atoms with Crippen LogP contribution in [-0.2, 0) is 0 Å². The standard InChI is InChI=1S/C13H26/c1-6-9-10-12(7-2)11-13(4,5)8-3/h9-10,12H,6-8,11H2,1-5H3. The van der Waals surface area contributed by atoms with Gasteiger partial charge in [0.2, 0.25) is 0 Å². The molecule has 0 bridgehead atoms. The van der Waals surface area contributed by atoms with Crippen LogP contribution in [0.4, 0.5) is 0 Å². The third kappa shape index (κ3) is 5.90. The normalized spacial score (nSPS) is 15.2. The maximum absolute atomic E-state index is 2.40. The van der Waals surface area contributed by atoms with Crippen LogP contribution in [0, 0.1) is 11.3 Å². The molecule has 0 fully saturated rings. The molecule has 0 heterocycles. The summed E-state index contributed by atoms with van der Waals surface area (Å²) in [6.07, 6.45) is 9.76. The van der Waals surface area contributed by atoms with E-state index in [2.05, 4.69) is 46.8 Å². The Morgan fingerprint density at radius 3 is 2.15 bits per heavy atom. The molecule has 1 atom stereocenters. The highest BCUT2D eigenvalue weighted by Crippen LogP contribution is 2.30. The first-order valence-corrected chi connectivity index (χ1v) is 5.72. The lowest BCUT2D eigenvalue weighted by Crippen LogP contribution is -2.14. The fourth-order valence-electron chi connectivity index (χ4n) is 1.53. The van der Waals surface area contributed by atoms with Crippen molar-refractivity contribution in [3.63, 3.8) is 0 Å². The Bertz CT molecular complexity index is 142. The average Bonchev–Trinajstić information content (AvgIpc) is 2.12. The van der Waals surface area contributed by atoms with Crippen LogP contribution in [0.25, 0.3) is 0 Å². The van der Waals surface area contributed by atoms with Crippen molar-refractivity contribution in [2.75, 3.05) is 0 Å². The van der Waals surface area contributed by atoms with Gasteiger partial charge in [-0.2, -0.15) is 0 Å². The molecule has 0 spiro atoms. The minimum absolute atomic E-state index is 0.513. The van der Waals surface area contributed by atoms with Gasteiger partial charge in [0, 0.05) is 0 Å². The number of hydrogen-bond acceptors (Lipinski definition) is 0. The van der Waals surface area contributed by atoms with Gasteiger partial charge in [-0.1, -0.05) is 53.2 Å². The van der Waals surface area contributed by atoms with E-state index in [0.29, 0.717) is 5.41 Å². The molecular weight excluding hydrogens is 156 g/mol. The van der Waals surface area contributed by atoms with E-state index >= 15 is 0 Å². The van der Waals surface area contributed by atoms with Gasteiger partial charge in [0.15, 0.2) is 0 Å². The Labute approximate surface area is 84.4 Å². The van der Waals surface area contributed by atoms with E-state index in [1.165, 1.54) is 25.7 Å². The molecule has 0 saturated carbocycles. The van der Waals surface area contributed by atoms with E-state index in [0.717, 1.165) is 5.92 Å². The molecule has 1 unspecified atom stereocenters. The van der Waals surface area contributed by atoms with Crippen LogP contribution in [0.3, 0.4) is 0 Å². The zero-order valence-corrected chi connectivity index (χ0v) is 10.1. The van der Waals surface area contributed by atoms with Crippen LogP contribution in [0.2, 0.25) is 0 Å². The lowest BCUT2D eigenvalue weighted by molar-refractivity contribution is 0.278. The topological polar surface area (TPSA) is 0 Å². The van der Waals surface area contributed by atoms with E-state index in [-0.39, 0.29) is 0 Å². The van der Waals surface area contributed by atoms with Gasteiger partial charge in [-0.25, -0.2) is 0 Å². The van der Waals surface area contributed by atoms with Crippen molar-refractivity contribution in [1.29, 1.82) is 0 Å². The SMILES string of the molecule is CCC=CC(CC)CC(C)(C)CC. The molecule has 0 saturated heterocycles. The van der Waals surface area contributed by atoms with E-state index in [9.17, 15) is 0 Å². The number of rotatable bonds is 6. The smallest absolute Gasteiger partial charge is 0.0231 e. The third-order valence-corrected chi connectivity index (χ3v) is 2.94. The minimum atomic E-state index is 0.513. The predicted molar refractivity (Wildman–Crippen MR) is 61.9 cm³/mol. The summed E-state index contributed by atoms with van der Waals surface area (Å²) in [4.78, 5) is 0. The maximum Gasteiger partial charge on any atom is -0.0231 e. The molecule has 0 aromatic carbocycles. The molecule has 0 radical (unpaired) electrons. The fraction of sp³-hybridized carbons (Fsp3) is 0.846. The van der Waals surface area contributed by atoms with Crippen molar-refractivity contribution in [3.8, 4) is 0 Å². The summed E-state index contributed by atoms with van der Waals surface area (Å²) in [5, 5.41) is 0. The van der Waals surface area contributed by atoms with Crippen molar-refractivity contribution in [2.45, 2.75) is 60.3 Å². The first kappa shape index (κ1) is 12.7. The van der Waals surface area contributed by atoms with Crippen LogP contribution in [0.1, 0.15) is 60.3 Å². The second-order valence-electron chi connectivity index (χ2n) is 4.73. The highest BCUT2D eigenvalue weighted by Gasteiger charge is 2.18. The largest absolute Gasteiger partial charge is 0.0885 e. The average molecular weight is 182 g/mol. The summed E-state index contributed by atoms with van der Waals surface area (Å²) >= 11 is 0. The quantitative estimate of drug-likeness (QED) is 0.517. The van der Waals surface area contributed by atoms with Gasteiger partial charge >= 0.3 is 0 Å². The monoisotopic (exact) mass is 182 g/mol. The Balaban J connectivity index is 4.04. The molecule has 0 aromatic rings. The Morgan fingerprint density at radius 2 is 1.77 bits per heavy atom. The Kier molecular flexibility index (Phi) is 6.11. The zero-order chi connectivity index (χ0) is 10.3. The first-order valence-electron chi connectivity index (χ1n) is 5.72. The van der Waals surface area contributed by atoms with Crippen LogP contribution in [0.15, 0.2) is 12.2 Å². The first-order chi connectivity index (χ1) is 6.05. The van der Waals surface area contributed by atoms with Crippen LogP contribution >= 0.6 is 0 Å². The molecular formula is C13H26. The highest BCUT2D eigenvalue weighted by atomic mass is 14.2. The van der Waals surface area contributed by atoms with Crippen molar-refractivity contribution >= 4 is 0 Å². The molecule has 0 amide bonds. The number of allylic oxidation sites excluding steroid dienone is 2. The fourth-order valence-corrected chi connectivity index (χ4v) is 1.53. The van der Waals surface area contributed by atoms with Gasteiger partial charge in [-0.05, 0) is 30.6 Å². The van der Waals surface area contributed by atoms with E-state index < -0.39 is 0 Å². The van der Waals surface area contributed by atoms with Crippen molar-refractivity contribution < 1.29 is 0 Å². The van der Waals surface area contributed by atoms with Gasteiger partial charge in [0.1, 0.15) is 0 Å². The second-order valence-corrected chi connectivity index (χ2v) is 4.73. The molecule has 78 valence electrons. The van der Waals surface area contributed by atoms with Gasteiger partial charge in [0.25, 0.3) is 0 Å². The van der Waals surface area contributed by atoms with Crippen LogP contribution < -0.4 is 0 Å². The summed E-state index contributed by atoms with van der Waals surface area (Å²) in [6, 6.07) is 0. The van der Waals surface area contributed by atoms with Crippen molar-refractivity contribution in [2.24, 2.45) is 11.3 Å². The Hall–Kier alpha value is -0.260. The third-order valence-electron chi connectivity index (χ3n) is 2.94. The zero-order valence-electron chi connectivity index (χ0n) is 10.1. The summed E-state index contributed by atoms with van der Waals surface area (Å²) in [5.41, 5.74) is 0.513. The molecule has 13 heavy (non-hydrogen) atoms. The summed E-state index contributed by atoms with van der Waals surface area (Å²) in [6.45, 7) is 11.5. The summed E-state index contributed by atoms with van der Waals surface area (Å²) in [7, 11) is 0. The van der Waals surface area contributed by atoms with Gasteiger partial charge in [-0.3, -0.25) is 0 Å². The van der Waals surface area contributed by atoms with E-state index in [4.69, 9.17) is 0 Å². The van der Waals surface area contributed by atoms with E-state index in [1.54, 1.807) is 0 Å². The minimum Gasteiger partial charge on any atom is -0.0885 e. The lowest BCUT2D eigenvalue weighted by Gasteiger charge is -2.26. The summed E-state index contributed by atoms with van der Waals surface area (Å²) < 4.78 is 0. The van der Waals surface area contributed by atoms with Gasteiger partial charge < -0.3 is 0 Å². The Morgan fingerprint density at radius 1 is 1.15 bits per heavy atom. The molecule has 0 aliphatic rings. The van der Waals surface area contributed by atoms with Gasteiger partial charge in [-0.15, -0.1) is 0 Å². The van der Waals surface area contributed by atoms with Crippen LogP contribution in [-0.4, -0.2) is 0 Å². The highest BCUT2D eigenvalue weighted by molar-refractivity contribution is 4.89. The van der Waals surface area contributed by atoms with Crippen molar-refractivity contribution in [1.82, 2.24) is 0 Å². The van der Waals surface area contributed by atoms with Crippen LogP contribution in [0.5, 0.6) is 0 Å². The lowest BCUT2D eigenvalue weighted by atomic mass is 9.79. The molecule has 0 aliphatic heterocycles. The molecule has 0 rings (SSSR count).